The zero-order valence-electron chi connectivity index (χ0n) is 12.4. The lowest BCUT2D eigenvalue weighted by Gasteiger charge is -2.11. The van der Waals surface area contributed by atoms with Gasteiger partial charge in [0.05, 0.1) is 18.8 Å². The minimum Gasteiger partial charge on any atom is -0.492 e. The molecule has 0 saturated heterocycles. The Kier molecular flexibility index (Phi) is 6.81. The smallest absolute Gasteiger partial charge is 0.313 e. The van der Waals surface area contributed by atoms with Crippen molar-refractivity contribution in [3.63, 3.8) is 0 Å². The highest BCUT2D eigenvalue weighted by Crippen LogP contribution is 2.25. The van der Waals surface area contributed by atoms with Crippen LogP contribution in [0.15, 0.2) is 18.2 Å². The number of amides is 3. The molecule has 0 fully saturated rings. The lowest BCUT2D eigenvalue weighted by Crippen LogP contribution is -2.41. The van der Waals surface area contributed by atoms with Crippen LogP contribution in [0.3, 0.4) is 0 Å². The van der Waals surface area contributed by atoms with E-state index >= 15 is 0 Å². The van der Waals surface area contributed by atoms with E-state index in [0.717, 1.165) is 6.07 Å². The van der Waals surface area contributed by atoms with Crippen LogP contribution in [-0.2, 0) is 14.4 Å². The van der Waals surface area contributed by atoms with Gasteiger partial charge in [-0.3, -0.25) is 14.4 Å². The summed E-state index contributed by atoms with van der Waals surface area (Å²) in [6.45, 7) is 3.88. The largest absolute Gasteiger partial charge is 0.492 e. The number of rotatable bonds is 6. The van der Waals surface area contributed by atoms with Crippen LogP contribution in [0.2, 0.25) is 0 Å². The molecule has 0 saturated carbocycles. The Hall–Kier alpha value is -2.64. The molecule has 0 radical (unpaired) electrons. The van der Waals surface area contributed by atoms with Crippen LogP contribution >= 0.6 is 0 Å². The van der Waals surface area contributed by atoms with E-state index in [1.165, 1.54) is 12.1 Å². The predicted molar refractivity (Wildman–Crippen MR) is 77.9 cm³/mol. The molecule has 0 aromatic heterocycles. The zero-order valence-corrected chi connectivity index (χ0v) is 12.4. The third kappa shape index (κ3) is 5.39. The minimum atomic E-state index is -1.02. The van der Waals surface area contributed by atoms with Gasteiger partial charge in [0.15, 0.2) is 0 Å². The van der Waals surface area contributed by atoms with Crippen molar-refractivity contribution in [3.8, 4) is 5.75 Å². The summed E-state index contributed by atoms with van der Waals surface area (Å²) in [6.07, 6.45) is 0. The van der Waals surface area contributed by atoms with Crippen LogP contribution in [-0.4, -0.2) is 37.4 Å². The average molecular weight is 311 g/mol. The van der Waals surface area contributed by atoms with Crippen LogP contribution in [0.25, 0.3) is 0 Å². The molecule has 8 heteroatoms. The molecule has 7 nitrogen and oxygen atoms in total. The summed E-state index contributed by atoms with van der Waals surface area (Å²) in [4.78, 5) is 34.5. The number of ether oxygens (including phenoxy) is 1. The Balaban J connectivity index is 2.65. The average Bonchev–Trinajstić information content (AvgIpc) is 2.48. The molecule has 0 heterocycles. The van der Waals surface area contributed by atoms with Crippen molar-refractivity contribution in [3.05, 3.63) is 24.0 Å². The fourth-order valence-corrected chi connectivity index (χ4v) is 1.56. The van der Waals surface area contributed by atoms with E-state index in [2.05, 4.69) is 16.0 Å². The number of nitrogens with one attached hydrogen (secondary N) is 3. The molecule has 22 heavy (non-hydrogen) atoms. The zero-order chi connectivity index (χ0) is 16.5. The molecule has 0 unspecified atom stereocenters. The number of likely N-dealkylation sites (N-methyl/N-ethyl adjacent to an activating group) is 1. The van der Waals surface area contributed by atoms with Gasteiger partial charge in [0, 0.05) is 12.6 Å². The summed E-state index contributed by atoms with van der Waals surface area (Å²) in [5.41, 5.74) is 0.0417. The lowest BCUT2D eigenvalue weighted by atomic mass is 10.2. The van der Waals surface area contributed by atoms with E-state index in [4.69, 9.17) is 4.74 Å². The maximum absolute atomic E-state index is 13.2. The Morgan fingerprint density at radius 3 is 2.50 bits per heavy atom. The molecule has 1 rings (SSSR count). The normalized spacial score (nSPS) is 9.77. The summed E-state index contributed by atoms with van der Waals surface area (Å²) in [5.74, 6) is -2.77. The van der Waals surface area contributed by atoms with Gasteiger partial charge < -0.3 is 20.7 Å². The number of hydrogen-bond acceptors (Lipinski definition) is 4. The Labute approximate surface area is 127 Å². The molecule has 0 aliphatic heterocycles. The summed E-state index contributed by atoms with van der Waals surface area (Å²) in [6, 6.07) is 3.57. The fraction of sp³-hybridized carbons (Fsp3) is 0.357. The molecule has 120 valence electrons. The van der Waals surface area contributed by atoms with E-state index in [-0.39, 0.29) is 18.0 Å². The first-order valence-electron chi connectivity index (χ1n) is 6.76. The van der Waals surface area contributed by atoms with E-state index in [9.17, 15) is 18.8 Å². The van der Waals surface area contributed by atoms with Gasteiger partial charge in [-0.25, -0.2) is 4.39 Å². The molecule has 0 aliphatic rings. The van der Waals surface area contributed by atoms with E-state index < -0.39 is 23.5 Å². The fourth-order valence-electron chi connectivity index (χ4n) is 1.56. The van der Waals surface area contributed by atoms with Crippen molar-refractivity contribution in [1.82, 2.24) is 10.6 Å². The first kappa shape index (κ1) is 17.4. The second-order valence-corrected chi connectivity index (χ2v) is 4.16. The number of anilines is 1. The van der Waals surface area contributed by atoms with Crippen molar-refractivity contribution >= 4 is 23.4 Å². The van der Waals surface area contributed by atoms with Gasteiger partial charge in [0.1, 0.15) is 11.6 Å². The van der Waals surface area contributed by atoms with Crippen LogP contribution in [0, 0.1) is 5.82 Å². The Morgan fingerprint density at radius 1 is 1.14 bits per heavy atom. The van der Waals surface area contributed by atoms with Crippen LogP contribution in [0.4, 0.5) is 10.1 Å². The maximum atomic E-state index is 13.2. The van der Waals surface area contributed by atoms with Crippen molar-refractivity contribution < 1.29 is 23.5 Å². The topological polar surface area (TPSA) is 96.5 Å². The third-order valence-corrected chi connectivity index (χ3v) is 2.48. The Morgan fingerprint density at radius 2 is 1.86 bits per heavy atom. The molecule has 1 aromatic rings. The van der Waals surface area contributed by atoms with Gasteiger partial charge in [0.2, 0.25) is 5.91 Å². The standard InChI is InChI=1S/C14H18FN3O4/c1-3-16-12(19)8-17-13(20)14(21)18-10-7-9(15)5-6-11(10)22-4-2/h5-7H,3-4,8H2,1-2H3,(H,16,19)(H,17,20)(H,18,21). The molecular weight excluding hydrogens is 293 g/mol. The molecule has 0 aliphatic carbocycles. The van der Waals surface area contributed by atoms with E-state index in [1.807, 2.05) is 0 Å². The summed E-state index contributed by atoms with van der Waals surface area (Å²) in [5, 5.41) is 6.87. The second kappa shape index (κ2) is 8.60. The monoisotopic (exact) mass is 311 g/mol. The van der Waals surface area contributed by atoms with Crippen LogP contribution < -0.4 is 20.7 Å². The molecule has 1 aromatic carbocycles. The highest BCUT2D eigenvalue weighted by atomic mass is 19.1. The summed E-state index contributed by atoms with van der Waals surface area (Å²) < 4.78 is 18.4. The molecule has 3 amide bonds. The first-order chi connectivity index (χ1) is 10.5. The number of carbonyl (C=O) groups excluding carboxylic acids is 3. The minimum absolute atomic E-state index is 0.0417. The van der Waals surface area contributed by atoms with Crippen molar-refractivity contribution in [2.45, 2.75) is 13.8 Å². The van der Waals surface area contributed by atoms with Crippen LogP contribution in [0.1, 0.15) is 13.8 Å². The third-order valence-electron chi connectivity index (χ3n) is 2.48. The SMILES string of the molecule is CCNC(=O)CNC(=O)C(=O)Nc1cc(F)ccc1OCC. The van der Waals surface area contributed by atoms with Gasteiger partial charge in [0.25, 0.3) is 0 Å². The summed E-state index contributed by atoms with van der Waals surface area (Å²) >= 11 is 0. The summed E-state index contributed by atoms with van der Waals surface area (Å²) in [7, 11) is 0. The molecule has 0 spiro atoms. The highest BCUT2D eigenvalue weighted by molar-refractivity contribution is 6.40. The quantitative estimate of drug-likeness (QED) is 0.663. The van der Waals surface area contributed by atoms with Gasteiger partial charge in [-0.1, -0.05) is 0 Å². The molecule has 0 bridgehead atoms. The van der Waals surface area contributed by atoms with Gasteiger partial charge in [-0.15, -0.1) is 0 Å². The number of carbonyl (C=O) groups is 3. The van der Waals surface area contributed by atoms with Crippen molar-refractivity contribution in [2.24, 2.45) is 0 Å². The number of hydrogen-bond donors (Lipinski definition) is 3. The number of benzene rings is 1. The van der Waals surface area contributed by atoms with Crippen LogP contribution in [0.5, 0.6) is 5.75 Å². The molecular formula is C14H18FN3O4. The molecule has 3 N–H and O–H groups in total. The van der Waals surface area contributed by atoms with Gasteiger partial charge >= 0.3 is 11.8 Å². The van der Waals surface area contributed by atoms with Crippen molar-refractivity contribution in [1.29, 1.82) is 0 Å². The Bertz CT molecular complexity index is 563. The van der Waals surface area contributed by atoms with E-state index in [1.54, 1.807) is 13.8 Å². The second-order valence-electron chi connectivity index (χ2n) is 4.16. The first-order valence-corrected chi connectivity index (χ1v) is 6.76. The lowest BCUT2D eigenvalue weighted by molar-refractivity contribution is -0.136. The number of halogens is 1. The van der Waals surface area contributed by atoms with Gasteiger partial charge in [-0.05, 0) is 26.0 Å². The van der Waals surface area contributed by atoms with Crippen molar-refractivity contribution in [2.75, 3.05) is 25.0 Å². The molecule has 0 atom stereocenters. The van der Waals surface area contributed by atoms with Gasteiger partial charge in [-0.2, -0.15) is 0 Å². The predicted octanol–water partition coefficient (Wildman–Crippen LogP) is 0.415. The maximum Gasteiger partial charge on any atom is 0.313 e. The highest BCUT2D eigenvalue weighted by Gasteiger charge is 2.17. The van der Waals surface area contributed by atoms with E-state index in [0.29, 0.717) is 13.2 Å².